The zero-order valence-corrected chi connectivity index (χ0v) is 18.8. The van der Waals surface area contributed by atoms with Gasteiger partial charge in [0, 0.05) is 17.9 Å². The number of carbonyl (C=O) groups excluding carboxylic acids is 2. The number of piperidine rings is 1. The predicted octanol–water partition coefficient (Wildman–Crippen LogP) is 3.13. The highest BCUT2D eigenvalue weighted by Crippen LogP contribution is 2.39. The Labute approximate surface area is 184 Å². The van der Waals surface area contributed by atoms with Crippen LogP contribution >= 0.6 is 0 Å². The molecule has 7 nitrogen and oxygen atoms in total. The summed E-state index contributed by atoms with van der Waals surface area (Å²) in [6.45, 7) is 7.43. The van der Waals surface area contributed by atoms with Crippen LogP contribution in [0.3, 0.4) is 0 Å². The molecule has 0 bridgehead atoms. The molecule has 7 heteroatoms. The van der Waals surface area contributed by atoms with Crippen molar-refractivity contribution in [3.8, 4) is 5.75 Å². The molecule has 0 spiro atoms. The first-order chi connectivity index (χ1) is 15.0. The van der Waals surface area contributed by atoms with Crippen molar-refractivity contribution in [3.05, 3.63) is 52.4 Å². The zero-order valence-electron chi connectivity index (χ0n) is 18.8. The third kappa shape index (κ3) is 5.28. The molecule has 2 aliphatic rings. The van der Waals surface area contributed by atoms with Crippen molar-refractivity contribution in [2.24, 2.45) is 0 Å². The highest BCUT2D eigenvalue weighted by molar-refractivity contribution is 5.99. The molecule has 0 saturated carbocycles. The molecule has 0 atom stereocenters. The number of carbonyl (C=O) groups is 2. The second kappa shape index (κ2) is 10.5. The van der Waals surface area contributed by atoms with Gasteiger partial charge in [0.1, 0.15) is 12.4 Å². The molecule has 1 fully saturated rings. The van der Waals surface area contributed by atoms with Gasteiger partial charge in [-0.2, -0.15) is 0 Å². The fourth-order valence-electron chi connectivity index (χ4n) is 4.32. The Kier molecular flexibility index (Phi) is 7.74. The Morgan fingerprint density at radius 2 is 1.48 bits per heavy atom. The topological polar surface area (TPSA) is 77.1 Å². The lowest BCUT2D eigenvalue weighted by Crippen LogP contribution is -2.33. The van der Waals surface area contributed by atoms with Gasteiger partial charge in [-0.3, -0.25) is 4.90 Å². The molecule has 0 radical (unpaired) electrons. The fraction of sp³-hybridized carbons (Fsp3) is 0.500. The summed E-state index contributed by atoms with van der Waals surface area (Å²) in [4.78, 5) is 27.5. The van der Waals surface area contributed by atoms with Gasteiger partial charge in [-0.05, 0) is 57.5 Å². The summed E-state index contributed by atoms with van der Waals surface area (Å²) in [5.74, 6) is -0.782. The van der Waals surface area contributed by atoms with Gasteiger partial charge in [0.2, 0.25) is 0 Å². The van der Waals surface area contributed by atoms with Crippen molar-refractivity contribution in [2.45, 2.75) is 39.0 Å². The van der Waals surface area contributed by atoms with Crippen LogP contribution in [0.2, 0.25) is 0 Å². The van der Waals surface area contributed by atoms with Crippen molar-refractivity contribution >= 4 is 11.9 Å². The number of dihydropyridines is 1. The van der Waals surface area contributed by atoms with Crippen molar-refractivity contribution in [3.63, 3.8) is 0 Å². The Balaban J connectivity index is 1.80. The third-order valence-electron chi connectivity index (χ3n) is 5.91. The van der Waals surface area contributed by atoms with Crippen LogP contribution in [0.1, 0.15) is 44.6 Å². The molecule has 2 heterocycles. The quantitative estimate of drug-likeness (QED) is 0.669. The first-order valence-electron chi connectivity index (χ1n) is 10.8. The number of nitrogens with zero attached hydrogens (tertiary/aromatic N) is 1. The average Bonchev–Trinajstić information content (AvgIpc) is 2.79. The van der Waals surface area contributed by atoms with Gasteiger partial charge in [-0.1, -0.05) is 18.6 Å². The lowest BCUT2D eigenvalue weighted by molar-refractivity contribution is -0.137. The Hall–Kier alpha value is -2.80. The first kappa shape index (κ1) is 22.9. The Bertz CT molecular complexity index is 828. The van der Waals surface area contributed by atoms with Crippen molar-refractivity contribution in [1.82, 2.24) is 10.2 Å². The molecule has 3 rings (SSSR count). The van der Waals surface area contributed by atoms with Gasteiger partial charge in [-0.15, -0.1) is 0 Å². The maximum atomic E-state index is 12.6. The van der Waals surface area contributed by atoms with E-state index in [0.29, 0.717) is 29.1 Å². The summed E-state index contributed by atoms with van der Waals surface area (Å²) in [6.07, 6.45) is 3.84. The van der Waals surface area contributed by atoms with E-state index >= 15 is 0 Å². The minimum absolute atomic E-state index is 0.396. The average molecular weight is 429 g/mol. The SMILES string of the molecule is COC(=O)C1=C(C)NC(C)=C(C(=O)OC)C1c1ccc(OCCN2CCCCC2)cc1. The van der Waals surface area contributed by atoms with E-state index in [0.717, 1.165) is 30.9 Å². The van der Waals surface area contributed by atoms with Crippen LogP contribution < -0.4 is 10.1 Å². The van der Waals surface area contributed by atoms with E-state index in [-0.39, 0.29) is 0 Å². The van der Waals surface area contributed by atoms with E-state index < -0.39 is 17.9 Å². The van der Waals surface area contributed by atoms with E-state index in [1.807, 2.05) is 24.3 Å². The van der Waals surface area contributed by atoms with Crippen LogP contribution in [0.25, 0.3) is 0 Å². The second-order valence-electron chi connectivity index (χ2n) is 7.94. The normalized spacial score (nSPS) is 17.9. The number of nitrogens with one attached hydrogen (secondary N) is 1. The molecule has 1 aromatic rings. The largest absolute Gasteiger partial charge is 0.492 e. The molecule has 0 unspecified atom stereocenters. The number of hydrogen-bond donors (Lipinski definition) is 1. The monoisotopic (exact) mass is 428 g/mol. The number of likely N-dealkylation sites (tertiary alicyclic amines) is 1. The maximum absolute atomic E-state index is 12.6. The Morgan fingerprint density at radius 1 is 0.935 bits per heavy atom. The minimum atomic E-state index is -0.580. The summed E-state index contributed by atoms with van der Waals surface area (Å²) >= 11 is 0. The lowest BCUT2D eigenvalue weighted by atomic mass is 9.80. The molecule has 31 heavy (non-hydrogen) atoms. The number of rotatable bonds is 7. The van der Waals surface area contributed by atoms with Gasteiger partial charge in [0.25, 0.3) is 0 Å². The number of methoxy groups -OCH3 is 2. The molecular weight excluding hydrogens is 396 g/mol. The van der Waals surface area contributed by atoms with Gasteiger partial charge in [-0.25, -0.2) is 9.59 Å². The standard InChI is InChI=1S/C24H32N2O5/c1-16-20(23(27)29-3)22(21(17(2)25-16)24(28)30-4)18-8-10-19(11-9-18)31-15-14-26-12-6-5-7-13-26/h8-11,22,25H,5-7,12-15H2,1-4H3. The van der Waals surface area contributed by atoms with E-state index in [2.05, 4.69) is 10.2 Å². The molecule has 2 aliphatic heterocycles. The van der Waals surface area contributed by atoms with E-state index in [9.17, 15) is 9.59 Å². The van der Waals surface area contributed by atoms with Crippen molar-refractivity contribution < 1.29 is 23.8 Å². The molecule has 1 aromatic carbocycles. The zero-order chi connectivity index (χ0) is 22.4. The lowest BCUT2D eigenvalue weighted by Gasteiger charge is -2.30. The summed E-state index contributed by atoms with van der Waals surface area (Å²) in [5.41, 5.74) is 2.90. The van der Waals surface area contributed by atoms with E-state index in [4.69, 9.17) is 14.2 Å². The van der Waals surface area contributed by atoms with Gasteiger partial charge < -0.3 is 19.5 Å². The highest BCUT2D eigenvalue weighted by atomic mass is 16.5. The van der Waals surface area contributed by atoms with Gasteiger partial charge in [0.05, 0.1) is 31.3 Å². The molecule has 0 aliphatic carbocycles. The molecule has 0 amide bonds. The molecule has 0 aromatic heterocycles. The minimum Gasteiger partial charge on any atom is -0.492 e. The van der Waals surface area contributed by atoms with Crippen molar-refractivity contribution in [1.29, 1.82) is 0 Å². The van der Waals surface area contributed by atoms with E-state index in [1.165, 1.54) is 33.5 Å². The summed E-state index contributed by atoms with van der Waals surface area (Å²) < 4.78 is 15.9. The number of ether oxygens (including phenoxy) is 3. The van der Waals surface area contributed by atoms with Crippen LogP contribution in [0.15, 0.2) is 46.8 Å². The predicted molar refractivity (Wildman–Crippen MR) is 118 cm³/mol. The summed E-state index contributed by atoms with van der Waals surface area (Å²) in [7, 11) is 2.67. The molecule has 168 valence electrons. The van der Waals surface area contributed by atoms with Gasteiger partial charge >= 0.3 is 11.9 Å². The molecule has 1 N–H and O–H groups in total. The second-order valence-corrected chi connectivity index (χ2v) is 7.94. The van der Waals surface area contributed by atoms with Crippen LogP contribution in [0.5, 0.6) is 5.75 Å². The summed E-state index contributed by atoms with van der Waals surface area (Å²) in [5, 5.41) is 3.11. The Morgan fingerprint density at radius 3 is 2.00 bits per heavy atom. The van der Waals surface area contributed by atoms with E-state index in [1.54, 1.807) is 13.8 Å². The number of esters is 2. The number of allylic oxidation sites excluding steroid dienone is 2. The first-order valence-corrected chi connectivity index (χ1v) is 10.8. The van der Waals surface area contributed by atoms with Crippen LogP contribution in [0, 0.1) is 0 Å². The molecular formula is C24H32N2O5. The van der Waals surface area contributed by atoms with Crippen LogP contribution in [-0.2, 0) is 19.1 Å². The number of hydrogen-bond acceptors (Lipinski definition) is 7. The summed E-state index contributed by atoms with van der Waals surface area (Å²) in [6, 6.07) is 7.53. The smallest absolute Gasteiger partial charge is 0.336 e. The number of benzene rings is 1. The molecule has 1 saturated heterocycles. The van der Waals surface area contributed by atoms with Crippen LogP contribution in [-0.4, -0.2) is 57.3 Å². The third-order valence-corrected chi connectivity index (χ3v) is 5.91. The van der Waals surface area contributed by atoms with Crippen molar-refractivity contribution in [2.75, 3.05) is 40.5 Å². The van der Waals surface area contributed by atoms with Crippen LogP contribution in [0.4, 0.5) is 0 Å². The highest BCUT2D eigenvalue weighted by Gasteiger charge is 2.37. The maximum Gasteiger partial charge on any atom is 0.336 e. The van der Waals surface area contributed by atoms with Gasteiger partial charge in [0.15, 0.2) is 0 Å². The fourth-order valence-corrected chi connectivity index (χ4v) is 4.32.